The average molecular weight is 371 g/mol. The van der Waals surface area contributed by atoms with Crippen LogP contribution in [0.5, 0.6) is 0 Å². The van der Waals surface area contributed by atoms with Gasteiger partial charge in [0.05, 0.1) is 0 Å². The van der Waals surface area contributed by atoms with Crippen LogP contribution in [0.4, 0.5) is 4.39 Å². The quantitative estimate of drug-likeness (QED) is 0.725. The zero-order valence-electron chi connectivity index (χ0n) is 14.2. The van der Waals surface area contributed by atoms with E-state index in [4.69, 9.17) is 0 Å². The van der Waals surface area contributed by atoms with Gasteiger partial charge in [0.2, 0.25) is 5.91 Å². The number of carbonyl (C=O) groups is 1. The second-order valence-electron chi connectivity index (χ2n) is 5.83. The van der Waals surface area contributed by atoms with Crippen molar-refractivity contribution >= 4 is 17.2 Å². The van der Waals surface area contributed by atoms with Crippen molar-refractivity contribution in [2.45, 2.75) is 19.9 Å². The molecule has 2 aromatic heterocycles. The summed E-state index contributed by atoms with van der Waals surface area (Å²) < 4.78 is 14.5. The minimum Gasteiger partial charge on any atom is -0.354 e. The minimum atomic E-state index is -0.373. The third-order valence-electron chi connectivity index (χ3n) is 3.81. The van der Waals surface area contributed by atoms with Crippen molar-refractivity contribution < 1.29 is 9.18 Å². The van der Waals surface area contributed by atoms with Gasteiger partial charge in [0.15, 0.2) is 0 Å². The van der Waals surface area contributed by atoms with Crippen molar-refractivity contribution in [1.82, 2.24) is 14.9 Å². The highest BCUT2D eigenvalue weighted by Gasteiger charge is 2.13. The molecule has 0 saturated carbocycles. The van der Waals surface area contributed by atoms with Gasteiger partial charge in [-0.15, -0.1) is 11.3 Å². The van der Waals surface area contributed by atoms with E-state index in [1.54, 1.807) is 30.4 Å². The van der Waals surface area contributed by atoms with E-state index in [9.17, 15) is 14.0 Å². The number of benzene rings is 1. The summed E-state index contributed by atoms with van der Waals surface area (Å²) in [6.45, 7) is 2.07. The number of hydrogen-bond donors (Lipinski definition) is 1. The Hall–Kier alpha value is -2.80. The van der Waals surface area contributed by atoms with Crippen LogP contribution in [0.1, 0.15) is 10.6 Å². The first-order chi connectivity index (χ1) is 12.5. The lowest BCUT2D eigenvalue weighted by Gasteiger charge is -2.13. The molecule has 0 bridgehead atoms. The highest BCUT2D eigenvalue weighted by molar-refractivity contribution is 7.09. The van der Waals surface area contributed by atoms with Gasteiger partial charge in [0, 0.05) is 28.7 Å². The molecule has 0 atom stereocenters. The van der Waals surface area contributed by atoms with Crippen LogP contribution in [0, 0.1) is 12.7 Å². The van der Waals surface area contributed by atoms with Crippen molar-refractivity contribution in [3.8, 4) is 11.4 Å². The van der Waals surface area contributed by atoms with Crippen LogP contribution < -0.4 is 10.9 Å². The zero-order valence-corrected chi connectivity index (χ0v) is 15.1. The lowest BCUT2D eigenvalue weighted by Crippen LogP contribution is -2.34. The van der Waals surface area contributed by atoms with Gasteiger partial charge in [0.25, 0.3) is 5.56 Å². The van der Waals surface area contributed by atoms with Crippen LogP contribution in [0.2, 0.25) is 0 Å². The molecule has 0 fully saturated rings. The third kappa shape index (κ3) is 4.43. The first-order valence-corrected chi connectivity index (χ1v) is 9.04. The summed E-state index contributed by atoms with van der Waals surface area (Å²) in [6.07, 6.45) is 0.745. The molecule has 26 heavy (non-hydrogen) atoms. The van der Waals surface area contributed by atoms with Crippen LogP contribution in [0.25, 0.3) is 11.4 Å². The van der Waals surface area contributed by atoms with Gasteiger partial charge in [-0.05, 0) is 49.1 Å². The Kier molecular flexibility index (Phi) is 5.58. The fraction of sp³-hybridized carbons (Fsp3) is 0.211. The minimum absolute atomic E-state index is 0.136. The largest absolute Gasteiger partial charge is 0.354 e. The van der Waals surface area contributed by atoms with Crippen molar-refractivity contribution in [3.63, 3.8) is 0 Å². The molecule has 1 amide bonds. The summed E-state index contributed by atoms with van der Waals surface area (Å²) in [7, 11) is 0. The highest BCUT2D eigenvalue weighted by Crippen LogP contribution is 2.16. The van der Waals surface area contributed by atoms with E-state index in [0.29, 0.717) is 23.6 Å². The first-order valence-electron chi connectivity index (χ1n) is 8.16. The molecule has 2 heterocycles. The van der Waals surface area contributed by atoms with Crippen molar-refractivity contribution in [3.05, 3.63) is 74.6 Å². The van der Waals surface area contributed by atoms with Gasteiger partial charge >= 0.3 is 0 Å². The first kappa shape index (κ1) is 18.0. The number of aryl methyl sites for hydroxylation is 1. The van der Waals surface area contributed by atoms with E-state index in [0.717, 1.165) is 6.42 Å². The van der Waals surface area contributed by atoms with E-state index < -0.39 is 0 Å². The maximum atomic E-state index is 13.2. The number of rotatable bonds is 6. The summed E-state index contributed by atoms with van der Waals surface area (Å²) in [5.74, 6) is -0.289. The van der Waals surface area contributed by atoms with Crippen molar-refractivity contribution in [2.24, 2.45) is 0 Å². The Bertz CT molecular complexity index is 950. The highest BCUT2D eigenvalue weighted by atomic mass is 32.1. The van der Waals surface area contributed by atoms with Gasteiger partial charge < -0.3 is 5.32 Å². The molecule has 0 spiro atoms. The van der Waals surface area contributed by atoms with Crippen molar-refractivity contribution in [2.75, 3.05) is 6.54 Å². The molecule has 3 aromatic rings. The average Bonchev–Trinajstić information content (AvgIpc) is 3.11. The molecule has 5 nitrogen and oxygen atoms in total. The Morgan fingerprint density at radius 2 is 2.04 bits per heavy atom. The van der Waals surface area contributed by atoms with Gasteiger partial charge in [-0.3, -0.25) is 14.2 Å². The predicted molar refractivity (Wildman–Crippen MR) is 99.7 cm³/mol. The number of halogens is 1. The second-order valence-corrected chi connectivity index (χ2v) is 6.86. The van der Waals surface area contributed by atoms with Crippen LogP contribution >= 0.6 is 11.3 Å². The molecule has 1 aromatic carbocycles. The number of aromatic nitrogens is 2. The van der Waals surface area contributed by atoms with E-state index in [2.05, 4.69) is 10.3 Å². The Balaban J connectivity index is 1.77. The molecule has 0 aliphatic rings. The van der Waals surface area contributed by atoms with Crippen LogP contribution in [-0.2, 0) is 17.8 Å². The van der Waals surface area contributed by atoms with Crippen molar-refractivity contribution in [1.29, 1.82) is 0 Å². The number of thiophene rings is 1. The Labute approximate surface area is 154 Å². The molecule has 0 aliphatic heterocycles. The Morgan fingerprint density at radius 1 is 1.27 bits per heavy atom. The summed E-state index contributed by atoms with van der Waals surface area (Å²) in [5, 5.41) is 4.81. The summed E-state index contributed by atoms with van der Waals surface area (Å²) in [4.78, 5) is 30.2. The van der Waals surface area contributed by atoms with Crippen LogP contribution in [-0.4, -0.2) is 22.0 Å². The monoisotopic (exact) mass is 371 g/mol. The molecule has 0 aliphatic carbocycles. The number of nitrogens with zero attached hydrogens (tertiary/aromatic N) is 2. The molecular weight excluding hydrogens is 353 g/mol. The maximum absolute atomic E-state index is 13.2. The fourth-order valence-corrected chi connectivity index (χ4v) is 3.28. The van der Waals surface area contributed by atoms with Crippen LogP contribution in [0.15, 0.2) is 52.6 Å². The third-order valence-corrected chi connectivity index (χ3v) is 4.75. The molecule has 0 saturated heterocycles. The number of nitrogens with one attached hydrogen (secondary N) is 1. The lowest BCUT2D eigenvalue weighted by molar-refractivity contribution is -0.121. The molecule has 3 rings (SSSR count). The molecule has 134 valence electrons. The van der Waals surface area contributed by atoms with E-state index in [1.807, 2.05) is 17.5 Å². The number of carbonyl (C=O) groups excluding carboxylic acids is 1. The van der Waals surface area contributed by atoms with Crippen LogP contribution in [0.3, 0.4) is 0 Å². The van der Waals surface area contributed by atoms with Gasteiger partial charge in [-0.1, -0.05) is 6.07 Å². The maximum Gasteiger partial charge on any atom is 0.254 e. The SMILES string of the molecule is Cc1cc(=O)n(CC(=O)NCCc2cccs2)c(-c2ccc(F)cc2)n1. The van der Waals surface area contributed by atoms with Gasteiger partial charge in [-0.2, -0.15) is 0 Å². The fourth-order valence-electron chi connectivity index (χ4n) is 2.57. The summed E-state index contributed by atoms with van der Waals surface area (Å²) >= 11 is 1.64. The molecular formula is C19H18FN3O2S. The smallest absolute Gasteiger partial charge is 0.254 e. The molecule has 0 radical (unpaired) electrons. The lowest BCUT2D eigenvalue weighted by atomic mass is 10.2. The number of amides is 1. The van der Waals surface area contributed by atoms with E-state index in [-0.39, 0.29) is 23.8 Å². The second kappa shape index (κ2) is 8.05. The summed E-state index contributed by atoms with van der Waals surface area (Å²) in [5.41, 5.74) is 0.812. The molecule has 1 N–H and O–H groups in total. The predicted octanol–water partition coefficient (Wildman–Crippen LogP) is 2.78. The van der Waals surface area contributed by atoms with E-state index >= 15 is 0 Å². The number of hydrogen-bond acceptors (Lipinski definition) is 4. The zero-order chi connectivity index (χ0) is 18.5. The molecule has 0 unspecified atom stereocenters. The standard InChI is InChI=1S/C19H18FN3O2S/c1-13-11-18(25)23(19(22-13)14-4-6-15(20)7-5-14)12-17(24)21-9-8-16-3-2-10-26-16/h2-7,10-11H,8-9,12H2,1H3,(H,21,24). The topological polar surface area (TPSA) is 64.0 Å². The normalized spacial score (nSPS) is 10.7. The van der Waals surface area contributed by atoms with Gasteiger partial charge in [0.1, 0.15) is 18.2 Å². The van der Waals surface area contributed by atoms with Gasteiger partial charge in [-0.25, -0.2) is 9.37 Å². The summed E-state index contributed by atoms with van der Waals surface area (Å²) in [6, 6.07) is 11.0. The Morgan fingerprint density at radius 3 is 2.73 bits per heavy atom. The molecule has 7 heteroatoms. The van der Waals surface area contributed by atoms with E-state index in [1.165, 1.54) is 27.6 Å².